The number of aliphatic hydroxyl groups excluding tert-OH is 5. The maximum atomic E-state index is 12.7. The topological polar surface area (TPSA) is 228 Å². The summed E-state index contributed by atoms with van der Waals surface area (Å²) in [6, 6.07) is 6.62. The molecular weight excluding hydrogens is 817 g/mol. The Morgan fingerprint density at radius 2 is 1.13 bits per heavy atom. The Labute approximate surface area is 366 Å². The van der Waals surface area contributed by atoms with Crippen molar-refractivity contribution in [1.29, 1.82) is 0 Å². The van der Waals surface area contributed by atoms with Crippen LogP contribution in [0.5, 0.6) is 23.0 Å². The summed E-state index contributed by atoms with van der Waals surface area (Å²) < 4.78 is 39.2. The van der Waals surface area contributed by atoms with Gasteiger partial charge in [-0.05, 0) is 75.9 Å². The Morgan fingerprint density at radius 3 is 1.59 bits per heavy atom. The number of hydrogen-bond acceptors (Lipinski definition) is 15. The fourth-order valence-corrected chi connectivity index (χ4v) is 7.48. The molecule has 2 aliphatic rings. The average Bonchev–Trinajstić information content (AvgIpc) is 3.25. The minimum atomic E-state index is -1.25. The number of fused-ring (bicyclic) bond motifs is 2. The third-order valence-corrected chi connectivity index (χ3v) is 11.2. The lowest BCUT2D eigenvalue weighted by molar-refractivity contribution is -0.266. The van der Waals surface area contributed by atoms with Crippen molar-refractivity contribution in [2.75, 3.05) is 13.2 Å². The molecule has 0 saturated carbocycles. The van der Waals surface area contributed by atoms with Crippen LogP contribution in [-0.4, -0.2) is 93.1 Å². The van der Waals surface area contributed by atoms with E-state index in [4.69, 9.17) is 37.6 Å². The third kappa shape index (κ3) is 10.9. The van der Waals surface area contributed by atoms with Crippen LogP contribution in [-0.2, 0) is 9.47 Å². The molecule has 0 spiro atoms. The fraction of sp³-hybridized carbons (Fsp3) is 0.458. The highest BCUT2D eigenvalue weighted by Gasteiger charge is 2.43. The summed E-state index contributed by atoms with van der Waals surface area (Å²) in [5.41, 5.74) is 2.24. The largest absolute Gasteiger partial charge is 0.508 e. The van der Waals surface area contributed by atoms with Gasteiger partial charge in [0.25, 0.3) is 0 Å². The molecule has 2 aromatic carbocycles. The molecule has 15 heteroatoms. The van der Waals surface area contributed by atoms with Crippen molar-refractivity contribution in [3.8, 4) is 23.0 Å². The van der Waals surface area contributed by atoms with E-state index in [-0.39, 0.29) is 48.6 Å². The molecule has 15 nitrogen and oxygen atoms in total. The lowest BCUT2D eigenvalue weighted by atomic mass is 9.89. The summed E-state index contributed by atoms with van der Waals surface area (Å²) in [6.45, 7) is 29.7. The number of benzene rings is 2. The van der Waals surface area contributed by atoms with Gasteiger partial charge in [-0.25, -0.2) is 9.59 Å². The van der Waals surface area contributed by atoms with E-state index in [1.807, 2.05) is 20.8 Å². The molecule has 2 unspecified atom stereocenters. The maximum Gasteiger partial charge on any atom is 0.347 e. The van der Waals surface area contributed by atoms with E-state index in [2.05, 4.69) is 26.3 Å². The zero-order valence-corrected chi connectivity index (χ0v) is 37.3. The lowest BCUT2D eigenvalue weighted by Gasteiger charge is -2.41. The molecule has 0 radical (unpaired) electrons. The predicted octanol–water partition coefficient (Wildman–Crippen LogP) is 6.45. The van der Waals surface area contributed by atoms with Crippen molar-refractivity contribution in [2.24, 2.45) is 11.8 Å². The summed E-state index contributed by atoms with van der Waals surface area (Å²) in [5, 5.41) is 59.5. The van der Waals surface area contributed by atoms with E-state index in [1.165, 1.54) is 0 Å². The quantitative estimate of drug-likeness (QED) is 0.0664. The van der Waals surface area contributed by atoms with Crippen molar-refractivity contribution in [3.63, 3.8) is 0 Å². The molecular formula is C48H62O15. The average molecular weight is 879 g/mol. The molecule has 2 saturated heterocycles. The zero-order chi connectivity index (χ0) is 47.0. The second-order valence-electron chi connectivity index (χ2n) is 15.8. The normalized spacial score (nSPS) is 25.5. The molecule has 0 bridgehead atoms. The monoisotopic (exact) mass is 878 g/mol. The summed E-state index contributed by atoms with van der Waals surface area (Å²) in [4.78, 5) is 24.8. The second kappa shape index (κ2) is 21.9. The first kappa shape index (κ1) is 50.4. The Morgan fingerprint density at radius 1 is 0.683 bits per heavy atom. The number of aromatic hydroxyl groups is 1. The van der Waals surface area contributed by atoms with Crippen LogP contribution in [0.4, 0.5) is 0 Å². The highest BCUT2D eigenvalue weighted by Crippen LogP contribution is 2.38. The van der Waals surface area contributed by atoms with Gasteiger partial charge in [0.15, 0.2) is 6.29 Å². The summed E-state index contributed by atoms with van der Waals surface area (Å²) >= 11 is 0. The van der Waals surface area contributed by atoms with Gasteiger partial charge in [0.2, 0.25) is 6.29 Å². The summed E-state index contributed by atoms with van der Waals surface area (Å²) in [6.07, 6.45) is -2.39. The van der Waals surface area contributed by atoms with Gasteiger partial charge in [-0.2, -0.15) is 0 Å². The van der Waals surface area contributed by atoms with Crippen LogP contribution in [0, 0.1) is 25.7 Å². The van der Waals surface area contributed by atoms with Crippen LogP contribution in [0.3, 0.4) is 0 Å². The van der Waals surface area contributed by atoms with Crippen LogP contribution in [0.15, 0.2) is 81.2 Å². The van der Waals surface area contributed by atoms with Gasteiger partial charge in [-0.15, -0.1) is 0 Å². The predicted molar refractivity (Wildman–Crippen MR) is 240 cm³/mol. The smallest absolute Gasteiger partial charge is 0.347 e. The molecule has 6 N–H and O–H groups in total. The number of aryl methyl sites for hydroxylation is 2. The third-order valence-electron chi connectivity index (χ3n) is 11.2. The molecule has 0 aliphatic carbocycles. The van der Waals surface area contributed by atoms with Gasteiger partial charge < -0.3 is 63.2 Å². The number of allylic oxidation sites excluding steroid dienone is 2. The van der Waals surface area contributed by atoms with Crippen LogP contribution >= 0.6 is 0 Å². The Hall–Kier alpha value is -5.26. The van der Waals surface area contributed by atoms with E-state index >= 15 is 0 Å². The Kier molecular flexibility index (Phi) is 17.5. The Bertz CT molecular complexity index is 2390. The van der Waals surface area contributed by atoms with Gasteiger partial charge in [-0.1, -0.05) is 66.2 Å². The summed E-state index contributed by atoms with van der Waals surface area (Å²) in [5.74, 6) is 0.867. The van der Waals surface area contributed by atoms with E-state index in [0.717, 1.165) is 6.42 Å². The molecule has 6 rings (SSSR count). The molecule has 2 aliphatic heterocycles. The maximum absolute atomic E-state index is 12.7. The van der Waals surface area contributed by atoms with Crippen LogP contribution in [0.1, 0.15) is 76.6 Å². The van der Waals surface area contributed by atoms with Crippen molar-refractivity contribution >= 4 is 33.1 Å². The minimum Gasteiger partial charge on any atom is -0.508 e. The summed E-state index contributed by atoms with van der Waals surface area (Å²) in [7, 11) is 0. The number of phenols is 1. The van der Waals surface area contributed by atoms with Gasteiger partial charge >= 0.3 is 11.3 Å². The van der Waals surface area contributed by atoms with Crippen LogP contribution in [0.25, 0.3) is 33.1 Å². The highest BCUT2D eigenvalue weighted by molar-refractivity contribution is 5.92. The SMILES string of the molecule is C=CCOc1c(C(=C)C)c(=O)oc2c(C)c(O)ccc12.C=CCOc1c(C(=C)C)c(=O)oc2c(C)c(OC3O[C@@H](CC)[C@H](C)[C@@H](O)[C@H]3O)ccc12.CC[C@@H]1OC(O)[C@H](O)[C@H](O)[C@H]1C. The van der Waals surface area contributed by atoms with Gasteiger partial charge in [0, 0.05) is 23.0 Å². The number of aliphatic hydroxyl groups is 5. The van der Waals surface area contributed by atoms with Crippen LogP contribution < -0.4 is 25.5 Å². The van der Waals surface area contributed by atoms with Crippen molar-refractivity contribution in [1.82, 2.24) is 0 Å². The minimum absolute atomic E-state index is 0.0680. The highest BCUT2D eigenvalue weighted by atomic mass is 16.7. The number of hydrogen-bond donors (Lipinski definition) is 6. The second-order valence-corrected chi connectivity index (χ2v) is 15.8. The first-order chi connectivity index (χ1) is 29.7. The molecule has 63 heavy (non-hydrogen) atoms. The Balaban J connectivity index is 0.000000232. The molecule has 10 atom stereocenters. The van der Waals surface area contributed by atoms with Crippen molar-refractivity contribution < 1.29 is 63.2 Å². The van der Waals surface area contributed by atoms with Crippen molar-refractivity contribution in [3.05, 3.63) is 106 Å². The number of ether oxygens (including phenoxy) is 5. The van der Waals surface area contributed by atoms with E-state index in [9.17, 15) is 35.1 Å². The van der Waals surface area contributed by atoms with Gasteiger partial charge in [-0.3, -0.25) is 0 Å². The van der Waals surface area contributed by atoms with Gasteiger partial charge in [0.05, 0.1) is 35.2 Å². The van der Waals surface area contributed by atoms with E-state index in [1.54, 1.807) is 71.0 Å². The molecule has 4 aromatic rings. The molecule has 0 amide bonds. The number of phenolic OH excluding ortho intramolecular Hbond substituents is 1. The van der Waals surface area contributed by atoms with Gasteiger partial charge in [0.1, 0.15) is 70.7 Å². The standard InChI is InChI=1S/C24H30O7.C16H16O4.C8H16O4/c1-7-11-28-22-15-9-10-17(14(6)21(15)31-23(27)18(22)12(3)4)30-24-20(26)19(25)13(5)16(8-2)29-24;1-5-8-19-15-11-6-7-12(17)10(4)14(11)20-16(18)13(15)9(2)3;1-3-5-4(2)6(9)7(10)8(11)12-5/h7,9-10,13,16,19-20,24-26H,1,3,8,11H2,2,4-6H3;5-7,17H,1-2,8H2,3-4H3;4-11H,3H2,1-2H3/t13-,16-,19+,20+,24?;;4-,5-,6+,7+,8?/m0.0/s1. The molecule has 2 fully saturated rings. The number of rotatable bonds is 12. The molecule has 4 heterocycles. The first-order valence-electron chi connectivity index (χ1n) is 20.8. The van der Waals surface area contributed by atoms with E-state index in [0.29, 0.717) is 73.4 Å². The van der Waals surface area contributed by atoms with Crippen molar-refractivity contribution in [2.45, 2.75) is 117 Å². The molecule has 2 aromatic heterocycles. The molecule has 344 valence electrons. The van der Waals surface area contributed by atoms with Crippen LogP contribution in [0.2, 0.25) is 0 Å². The first-order valence-corrected chi connectivity index (χ1v) is 20.8. The van der Waals surface area contributed by atoms with E-state index < -0.39 is 48.2 Å². The lowest BCUT2D eigenvalue weighted by Crippen LogP contribution is -2.55. The zero-order valence-electron chi connectivity index (χ0n) is 37.3. The fourth-order valence-electron chi connectivity index (χ4n) is 7.48.